The van der Waals surface area contributed by atoms with Crippen molar-refractivity contribution in [2.75, 3.05) is 12.7 Å². The first-order valence-electron chi connectivity index (χ1n) is 6.47. The Bertz CT molecular complexity index is 694. The largest absolute Gasteiger partial charge is 0.454 e. The fourth-order valence-electron chi connectivity index (χ4n) is 1.99. The standard InChI is InChI=1S/C15H13ClN2O3/c16-5-6-18-9-11(8-17-18)1-3-13(19)12-2-4-14-15(7-12)21-10-20-14/h1-4,7-9H,5-6,10H2. The zero-order chi connectivity index (χ0) is 14.7. The summed E-state index contributed by atoms with van der Waals surface area (Å²) in [5.74, 6) is 1.67. The predicted octanol–water partition coefficient (Wildman–Crippen LogP) is 2.75. The first-order chi connectivity index (χ1) is 10.3. The Morgan fingerprint density at radius 2 is 2.24 bits per heavy atom. The van der Waals surface area contributed by atoms with Gasteiger partial charge in [-0.2, -0.15) is 5.10 Å². The third-order valence-electron chi connectivity index (χ3n) is 3.05. The van der Waals surface area contributed by atoms with Gasteiger partial charge in [-0.3, -0.25) is 9.48 Å². The van der Waals surface area contributed by atoms with E-state index >= 15 is 0 Å². The highest BCUT2D eigenvalue weighted by molar-refractivity contribution is 6.17. The molecule has 6 heteroatoms. The lowest BCUT2D eigenvalue weighted by Crippen LogP contribution is -1.98. The second kappa shape index (κ2) is 6.01. The molecule has 1 aliphatic rings. The molecule has 0 aliphatic carbocycles. The van der Waals surface area contributed by atoms with Crippen molar-refractivity contribution in [2.24, 2.45) is 0 Å². The van der Waals surface area contributed by atoms with Crippen LogP contribution < -0.4 is 9.47 Å². The number of aromatic nitrogens is 2. The number of alkyl halides is 1. The van der Waals surface area contributed by atoms with Crippen molar-refractivity contribution in [1.29, 1.82) is 0 Å². The number of benzene rings is 1. The normalized spacial score (nSPS) is 13.0. The number of ketones is 1. The van der Waals surface area contributed by atoms with Crippen LogP contribution in [0, 0.1) is 0 Å². The summed E-state index contributed by atoms with van der Waals surface area (Å²) in [6.07, 6.45) is 6.77. The van der Waals surface area contributed by atoms with Gasteiger partial charge in [0.15, 0.2) is 17.3 Å². The van der Waals surface area contributed by atoms with Gasteiger partial charge in [-0.1, -0.05) is 0 Å². The van der Waals surface area contributed by atoms with Gasteiger partial charge in [-0.15, -0.1) is 11.6 Å². The molecule has 0 spiro atoms. The minimum absolute atomic E-state index is 0.0987. The number of rotatable bonds is 5. The van der Waals surface area contributed by atoms with Gasteiger partial charge in [0.2, 0.25) is 6.79 Å². The number of carbonyl (C=O) groups is 1. The highest BCUT2D eigenvalue weighted by Gasteiger charge is 2.15. The van der Waals surface area contributed by atoms with Gasteiger partial charge in [0, 0.05) is 23.2 Å². The monoisotopic (exact) mass is 304 g/mol. The lowest BCUT2D eigenvalue weighted by atomic mass is 10.1. The van der Waals surface area contributed by atoms with Crippen LogP contribution in [0.1, 0.15) is 15.9 Å². The Morgan fingerprint density at radius 3 is 3.10 bits per heavy atom. The van der Waals surface area contributed by atoms with E-state index in [1.54, 1.807) is 35.2 Å². The SMILES string of the molecule is O=C(C=Cc1cnn(CCCl)c1)c1ccc2c(c1)OCO2. The molecular weight excluding hydrogens is 292 g/mol. The number of aryl methyl sites for hydroxylation is 1. The zero-order valence-corrected chi connectivity index (χ0v) is 11.9. The summed E-state index contributed by atoms with van der Waals surface area (Å²) in [6.45, 7) is 0.841. The average molecular weight is 305 g/mol. The summed E-state index contributed by atoms with van der Waals surface area (Å²) in [5.41, 5.74) is 1.41. The third kappa shape index (κ3) is 3.08. The number of ether oxygens (including phenoxy) is 2. The molecule has 2 heterocycles. The number of hydrogen-bond acceptors (Lipinski definition) is 4. The van der Waals surface area contributed by atoms with E-state index in [-0.39, 0.29) is 12.6 Å². The molecule has 0 bridgehead atoms. The van der Waals surface area contributed by atoms with Crippen molar-refractivity contribution in [3.63, 3.8) is 0 Å². The molecule has 3 rings (SSSR count). The fraction of sp³-hybridized carbons (Fsp3) is 0.200. The third-order valence-corrected chi connectivity index (χ3v) is 3.22. The van der Waals surface area contributed by atoms with Crippen molar-refractivity contribution in [2.45, 2.75) is 6.54 Å². The minimum atomic E-state index is -0.0987. The maximum atomic E-state index is 12.1. The van der Waals surface area contributed by atoms with Crippen LogP contribution in [0.4, 0.5) is 0 Å². The highest BCUT2D eigenvalue weighted by Crippen LogP contribution is 2.32. The van der Waals surface area contributed by atoms with Gasteiger partial charge in [0.25, 0.3) is 0 Å². The second-order valence-electron chi connectivity index (χ2n) is 4.49. The maximum Gasteiger partial charge on any atom is 0.231 e. The molecule has 0 amide bonds. The molecule has 0 N–H and O–H groups in total. The average Bonchev–Trinajstić information content (AvgIpc) is 3.13. The summed E-state index contributed by atoms with van der Waals surface area (Å²) < 4.78 is 12.2. The van der Waals surface area contributed by atoms with Crippen LogP contribution in [0.25, 0.3) is 6.08 Å². The number of nitrogens with zero attached hydrogens (tertiary/aromatic N) is 2. The van der Waals surface area contributed by atoms with Crippen LogP contribution >= 0.6 is 11.6 Å². The molecule has 0 fully saturated rings. The van der Waals surface area contributed by atoms with Crippen LogP contribution in [0.15, 0.2) is 36.7 Å². The molecule has 1 aromatic carbocycles. The van der Waals surface area contributed by atoms with Crippen molar-refractivity contribution in [3.8, 4) is 11.5 Å². The molecule has 0 radical (unpaired) electrons. The number of carbonyl (C=O) groups excluding carboxylic acids is 1. The van der Waals surface area contributed by atoms with E-state index in [4.69, 9.17) is 21.1 Å². The maximum absolute atomic E-state index is 12.1. The van der Waals surface area contributed by atoms with E-state index in [0.29, 0.717) is 29.5 Å². The molecule has 0 saturated heterocycles. The topological polar surface area (TPSA) is 53.4 Å². The van der Waals surface area contributed by atoms with Crippen molar-refractivity contribution >= 4 is 23.5 Å². The number of hydrogen-bond donors (Lipinski definition) is 0. The highest BCUT2D eigenvalue weighted by atomic mass is 35.5. The van der Waals surface area contributed by atoms with E-state index in [2.05, 4.69) is 5.10 Å². The summed E-state index contributed by atoms with van der Waals surface area (Å²) in [6, 6.07) is 5.14. The quantitative estimate of drug-likeness (QED) is 0.484. The van der Waals surface area contributed by atoms with Gasteiger partial charge in [-0.05, 0) is 30.4 Å². The van der Waals surface area contributed by atoms with Crippen LogP contribution in [-0.2, 0) is 6.54 Å². The summed E-state index contributed by atoms with van der Waals surface area (Å²) >= 11 is 5.64. The molecule has 2 aromatic rings. The van der Waals surface area contributed by atoms with Crippen LogP contribution in [0.2, 0.25) is 0 Å². The molecule has 0 saturated carbocycles. The first kappa shape index (κ1) is 13.7. The molecule has 1 aromatic heterocycles. The van der Waals surface area contributed by atoms with Gasteiger partial charge >= 0.3 is 0 Å². The van der Waals surface area contributed by atoms with E-state index in [1.807, 2.05) is 6.20 Å². The Balaban J connectivity index is 1.71. The summed E-state index contributed by atoms with van der Waals surface area (Å²) in [7, 11) is 0. The van der Waals surface area contributed by atoms with Gasteiger partial charge in [-0.25, -0.2) is 0 Å². The summed E-state index contributed by atoms with van der Waals surface area (Å²) in [5, 5.41) is 4.14. The molecule has 5 nitrogen and oxygen atoms in total. The summed E-state index contributed by atoms with van der Waals surface area (Å²) in [4.78, 5) is 12.1. The Kier molecular flexibility index (Phi) is 3.92. The van der Waals surface area contributed by atoms with Crippen molar-refractivity contribution in [3.05, 3.63) is 47.8 Å². The smallest absolute Gasteiger partial charge is 0.231 e. The van der Waals surface area contributed by atoms with E-state index in [9.17, 15) is 4.79 Å². The lowest BCUT2D eigenvalue weighted by Gasteiger charge is -1.98. The molecular formula is C15H13ClN2O3. The molecule has 0 atom stereocenters. The van der Waals surface area contributed by atoms with Gasteiger partial charge in [0.1, 0.15) is 0 Å². The lowest BCUT2D eigenvalue weighted by molar-refractivity contribution is 0.104. The van der Waals surface area contributed by atoms with E-state index in [0.717, 1.165) is 5.56 Å². The Hall–Kier alpha value is -2.27. The zero-order valence-electron chi connectivity index (χ0n) is 11.2. The molecule has 0 unspecified atom stereocenters. The van der Waals surface area contributed by atoms with Crippen molar-refractivity contribution in [1.82, 2.24) is 9.78 Å². The molecule has 21 heavy (non-hydrogen) atoms. The number of halogens is 1. The van der Waals surface area contributed by atoms with Gasteiger partial charge < -0.3 is 9.47 Å². The first-order valence-corrected chi connectivity index (χ1v) is 7.00. The second-order valence-corrected chi connectivity index (χ2v) is 4.87. The van der Waals surface area contributed by atoms with Crippen LogP contribution in [0.5, 0.6) is 11.5 Å². The fourth-order valence-corrected chi connectivity index (χ4v) is 2.17. The Morgan fingerprint density at radius 1 is 1.38 bits per heavy atom. The number of allylic oxidation sites excluding steroid dienone is 1. The molecule has 108 valence electrons. The predicted molar refractivity (Wildman–Crippen MR) is 78.9 cm³/mol. The van der Waals surface area contributed by atoms with E-state index < -0.39 is 0 Å². The molecule has 1 aliphatic heterocycles. The Labute approximate surface area is 126 Å². The van der Waals surface area contributed by atoms with Crippen molar-refractivity contribution < 1.29 is 14.3 Å². The number of fused-ring (bicyclic) bond motifs is 1. The van der Waals surface area contributed by atoms with Gasteiger partial charge in [0.05, 0.1) is 12.7 Å². The van der Waals surface area contributed by atoms with Crippen LogP contribution in [-0.4, -0.2) is 28.2 Å². The van der Waals surface area contributed by atoms with Crippen LogP contribution in [0.3, 0.4) is 0 Å². The van der Waals surface area contributed by atoms with E-state index in [1.165, 1.54) is 6.08 Å². The minimum Gasteiger partial charge on any atom is -0.454 e.